The number of thiocarbonyl (C=S) groups is 1. The maximum atomic E-state index is 5.75. The van der Waals surface area contributed by atoms with Gasteiger partial charge in [-0.15, -0.1) is 0 Å². The Morgan fingerprint density at radius 3 is 1.81 bits per heavy atom. The second-order valence-electron chi connectivity index (χ2n) is 5.97. The van der Waals surface area contributed by atoms with Crippen molar-refractivity contribution in [2.24, 2.45) is 0 Å². The minimum absolute atomic E-state index is 0.544. The minimum Gasteiger partial charge on any atom is -0.494 e. The van der Waals surface area contributed by atoms with E-state index in [4.69, 9.17) is 21.7 Å². The quantitative estimate of drug-likeness (QED) is 0.404. The summed E-state index contributed by atoms with van der Waals surface area (Å²) in [6.07, 6.45) is 4.83. The summed E-state index contributed by atoms with van der Waals surface area (Å²) in [5, 5.41) is 6.88. The fourth-order valence-corrected chi connectivity index (χ4v) is 2.68. The highest BCUT2D eigenvalue weighted by molar-refractivity contribution is 7.80. The number of ether oxygens (including phenoxy) is 2. The van der Waals surface area contributed by atoms with E-state index in [1.54, 1.807) is 0 Å². The van der Waals surface area contributed by atoms with E-state index >= 15 is 0 Å². The van der Waals surface area contributed by atoms with Gasteiger partial charge in [-0.3, -0.25) is 0 Å². The molecule has 4 nitrogen and oxygen atoms in total. The van der Waals surface area contributed by atoms with E-state index in [1.807, 2.05) is 55.5 Å². The van der Waals surface area contributed by atoms with Gasteiger partial charge in [0, 0.05) is 11.4 Å². The Bertz CT molecular complexity index is 657. The van der Waals surface area contributed by atoms with Crippen molar-refractivity contribution in [2.45, 2.75) is 39.5 Å². The van der Waals surface area contributed by atoms with Crippen LogP contribution in [0, 0.1) is 0 Å². The zero-order valence-corrected chi connectivity index (χ0v) is 16.4. The van der Waals surface area contributed by atoms with Crippen molar-refractivity contribution < 1.29 is 9.47 Å². The smallest absolute Gasteiger partial charge is 0.175 e. The zero-order valence-electron chi connectivity index (χ0n) is 15.6. The molecule has 0 unspecified atom stereocenters. The van der Waals surface area contributed by atoms with Crippen LogP contribution in [0.1, 0.15) is 39.5 Å². The normalized spacial score (nSPS) is 10.2. The third-order valence-electron chi connectivity index (χ3n) is 3.80. The molecule has 0 saturated heterocycles. The van der Waals surface area contributed by atoms with Crippen LogP contribution in [0.5, 0.6) is 11.5 Å². The summed E-state index contributed by atoms with van der Waals surface area (Å²) in [5.41, 5.74) is 1.84. The molecule has 0 fully saturated rings. The number of rotatable bonds is 10. The Labute approximate surface area is 161 Å². The van der Waals surface area contributed by atoms with Gasteiger partial charge in [-0.25, -0.2) is 0 Å². The molecule has 0 atom stereocenters. The van der Waals surface area contributed by atoms with Gasteiger partial charge in [0.25, 0.3) is 0 Å². The van der Waals surface area contributed by atoms with Gasteiger partial charge in [-0.2, -0.15) is 0 Å². The molecule has 0 saturated carbocycles. The van der Waals surface area contributed by atoms with E-state index in [1.165, 1.54) is 19.3 Å². The SMILES string of the molecule is CCCCCCOc1ccc(NC(=S)Nc2ccc(OCC)cc2)cc1. The first kappa shape index (κ1) is 20.0. The summed E-state index contributed by atoms with van der Waals surface area (Å²) in [5.74, 6) is 1.74. The van der Waals surface area contributed by atoms with Gasteiger partial charge in [0.1, 0.15) is 11.5 Å². The number of nitrogens with one attached hydrogen (secondary N) is 2. The first-order chi connectivity index (χ1) is 12.7. The highest BCUT2D eigenvalue weighted by Crippen LogP contribution is 2.18. The molecule has 2 rings (SSSR count). The Hall–Kier alpha value is -2.27. The van der Waals surface area contributed by atoms with Crippen LogP contribution in [0.2, 0.25) is 0 Å². The summed E-state index contributed by atoms with van der Waals surface area (Å²) in [4.78, 5) is 0. The van der Waals surface area contributed by atoms with Crippen LogP contribution in [0.25, 0.3) is 0 Å². The predicted octanol–water partition coefficient (Wildman–Crippen LogP) is 5.85. The molecule has 0 radical (unpaired) electrons. The van der Waals surface area contributed by atoms with Gasteiger partial charge in [0.15, 0.2) is 5.11 Å². The van der Waals surface area contributed by atoms with Gasteiger partial charge in [-0.05, 0) is 74.1 Å². The summed E-state index contributed by atoms with van der Waals surface area (Å²) in [6.45, 7) is 5.60. The average molecular weight is 373 g/mol. The van der Waals surface area contributed by atoms with Crippen LogP contribution in [0.15, 0.2) is 48.5 Å². The molecule has 0 spiro atoms. The molecule has 0 heterocycles. The van der Waals surface area contributed by atoms with Gasteiger partial charge >= 0.3 is 0 Å². The van der Waals surface area contributed by atoms with Crippen molar-refractivity contribution in [1.29, 1.82) is 0 Å². The van der Waals surface area contributed by atoms with E-state index in [0.29, 0.717) is 11.7 Å². The van der Waals surface area contributed by atoms with Crippen LogP contribution in [0.3, 0.4) is 0 Å². The number of anilines is 2. The Kier molecular flexibility index (Phi) is 8.76. The Morgan fingerprint density at radius 2 is 1.31 bits per heavy atom. The van der Waals surface area contributed by atoms with Crippen molar-refractivity contribution >= 4 is 28.7 Å². The second kappa shape index (κ2) is 11.4. The van der Waals surface area contributed by atoms with E-state index in [-0.39, 0.29) is 0 Å². The molecule has 0 aromatic heterocycles. The van der Waals surface area contributed by atoms with Crippen LogP contribution < -0.4 is 20.1 Å². The fraction of sp³-hybridized carbons (Fsp3) is 0.381. The molecule has 2 aromatic carbocycles. The maximum Gasteiger partial charge on any atom is 0.175 e. The molecule has 0 aliphatic rings. The highest BCUT2D eigenvalue weighted by Gasteiger charge is 2.01. The first-order valence-corrected chi connectivity index (χ1v) is 9.65. The predicted molar refractivity (Wildman–Crippen MR) is 114 cm³/mol. The molecule has 0 aliphatic heterocycles. The number of benzene rings is 2. The van der Waals surface area contributed by atoms with E-state index in [9.17, 15) is 0 Å². The van der Waals surface area contributed by atoms with Crippen molar-refractivity contribution in [2.75, 3.05) is 23.8 Å². The van der Waals surface area contributed by atoms with Gasteiger partial charge in [0.2, 0.25) is 0 Å². The Balaban J connectivity index is 1.76. The third kappa shape index (κ3) is 7.31. The van der Waals surface area contributed by atoms with Crippen molar-refractivity contribution in [1.82, 2.24) is 0 Å². The van der Waals surface area contributed by atoms with E-state index < -0.39 is 0 Å². The summed E-state index contributed by atoms with van der Waals surface area (Å²) >= 11 is 5.36. The summed E-state index contributed by atoms with van der Waals surface area (Å²) in [6, 6.07) is 15.6. The Morgan fingerprint density at radius 1 is 0.769 bits per heavy atom. The fourth-order valence-electron chi connectivity index (χ4n) is 2.45. The summed E-state index contributed by atoms with van der Waals surface area (Å²) < 4.78 is 11.2. The molecule has 0 bridgehead atoms. The molecular weight excluding hydrogens is 344 g/mol. The number of unbranched alkanes of at least 4 members (excludes halogenated alkanes) is 3. The molecule has 140 valence electrons. The second-order valence-corrected chi connectivity index (χ2v) is 6.38. The van der Waals surface area contributed by atoms with Crippen molar-refractivity contribution in [3.63, 3.8) is 0 Å². The largest absolute Gasteiger partial charge is 0.494 e. The van der Waals surface area contributed by atoms with Gasteiger partial charge in [-0.1, -0.05) is 26.2 Å². The lowest BCUT2D eigenvalue weighted by Crippen LogP contribution is -2.18. The van der Waals surface area contributed by atoms with Crippen molar-refractivity contribution in [3.05, 3.63) is 48.5 Å². The van der Waals surface area contributed by atoms with Crippen LogP contribution in [0.4, 0.5) is 11.4 Å². The lowest BCUT2D eigenvalue weighted by Gasteiger charge is -2.12. The molecule has 2 N–H and O–H groups in total. The van der Waals surface area contributed by atoms with Crippen LogP contribution in [-0.2, 0) is 0 Å². The molecule has 2 aromatic rings. The monoisotopic (exact) mass is 372 g/mol. The van der Waals surface area contributed by atoms with Crippen molar-refractivity contribution in [3.8, 4) is 11.5 Å². The van der Waals surface area contributed by atoms with Gasteiger partial charge in [0.05, 0.1) is 13.2 Å². The molecule has 26 heavy (non-hydrogen) atoms. The molecule has 5 heteroatoms. The number of hydrogen-bond acceptors (Lipinski definition) is 3. The van der Waals surface area contributed by atoms with Crippen LogP contribution in [-0.4, -0.2) is 18.3 Å². The zero-order chi connectivity index (χ0) is 18.6. The lowest BCUT2D eigenvalue weighted by atomic mass is 10.2. The summed E-state index contributed by atoms with van der Waals surface area (Å²) in [7, 11) is 0. The average Bonchev–Trinajstić information content (AvgIpc) is 2.65. The van der Waals surface area contributed by atoms with Gasteiger partial charge < -0.3 is 20.1 Å². The van der Waals surface area contributed by atoms with E-state index in [2.05, 4.69) is 17.6 Å². The highest BCUT2D eigenvalue weighted by atomic mass is 32.1. The molecule has 0 amide bonds. The standard InChI is InChI=1S/C21H28N2O2S/c1-3-5-6-7-16-25-20-14-10-18(11-15-20)23-21(26)22-17-8-12-19(13-9-17)24-4-2/h8-15H,3-7,16H2,1-2H3,(H2,22,23,26). The third-order valence-corrected chi connectivity index (χ3v) is 4.01. The lowest BCUT2D eigenvalue weighted by molar-refractivity contribution is 0.305. The van der Waals surface area contributed by atoms with Crippen LogP contribution >= 0.6 is 12.2 Å². The first-order valence-electron chi connectivity index (χ1n) is 9.25. The molecule has 0 aliphatic carbocycles. The van der Waals surface area contributed by atoms with E-state index in [0.717, 1.165) is 35.9 Å². The maximum absolute atomic E-state index is 5.75. The molecular formula is C21H28N2O2S. The number of hydrogen-bond donors (Lipinski definition) is 2. The topological polar surface area (TPSA) is 42.5 Å². The minimum atomic E-state index is 0.544.